The lowest BCUT2D eigenvalue weighted by Crippen LogP contribution is -2.07. The second-order valence-electron chi connectivity index (χ2n) is 8.95. The number of para-hydroxylation sites is 1. The summed E-state index contributed by atoms with van der Waals surface area (Å²) in [6.45, 7) is 0.610. The smallest absolute Gasteiger partial charge is 0.381 e. The van der Waals surface area contributed by atoms with Gasteiger partial charge in [-0.15, -0.1) is 0 Å². The highest BCUT2D eigenvalue weighted by Crippen LogP contribution is 2.41. The van der Waals surface area contributed by atoms with Crippen LogP contribution in [-0.2, 0) is 12.7 Å². The second kappa shape index (κ2) is 9.13. The van der Waals surface area contributed by atoms with Gasteiger partial charge in [0.1, 0.15) is 0 Å². The first kappa shape index (κ1) is 22.9. The highest BCUT2D eigenvalue weighted by Gasteiger charge is 2.33. The molecule has 0 atom stereocenters. The molecule has 0 saturated carbocycles. The Kier molecular flexibility index (Phi) is 5.64. The van der Waals surface area contributed by atoms with E-state index in [0.717, 1.165) is 50.5 Å². The van der Waals surface area contributed by atoms with Gasteiger partial charge in [-0.3, -0.25) is 4.98 Å². The Labute approximate surface area is 211 Å². The molecule has 0 bridgehead atoms. The van der Waals surface area contributed by atoms with E-state index in [1.54, 1.807) is 12.3 Å². The maximum atomic E-state index is 13.8. The monoisotopic (exact) mass is 493 g/mol. The molecule has 2 heterocycles. The molecule has 0 saturated heterocycles. The van der Waals surface area contributed by atoms with Crippen molar-refractivity contribution in [2.45, 2.75) is 12.7 Å². The van der Waals surface area contributed by atoms with Gasteiger partial charge >= 0.3 is 6.18 Å². The number of anilines is 1. The van der Waals surface area contributed by atoms with Crippen molar-refractivity contribution in [3.05, 3.63) is 121 Å². The van der Waals surface area contributed by atoms with Crippen LogP contribution in [-0.4, -0.2) is 9.97 Å². The zero-order chi connectivity index (χ0) is 25.4. The maximum Gasteiger partial charge on any atom is 0.418 e. The molecule has 37 heavy (non-hydrogen) atoms. The molecule has 0 radical (unpaired) electrons. The third kappa shape index (κ3) is 4.42. The van der Waals surface area contributed by atoms with Crippen LogP contribution >= 0.6 is 0 Å². The van der Waals surface area contributed by atoms with E-state index in [2.05, 4.69) is 33.5 Å². The lowest BCUT2D eigenvalue weighted by molar-refractivity contribution is -0.136. The molecule has 6 rings (SSSR count). The highest BCUT2D eigenvalue weighted by molar-refractivity contribution is 6.03. The van der Waals surface area contributed by atoms with Crippen LogP contribution in [0.15, 0.2) is 109 Å². The molecule has 3 nitrogen and oxygen atoms in total. The van der Waals surface area contributed by atoms with Crippen LogP contribution in [0.1, 0.15) is 11.1 Å². The molecule has 0 amide bonds. The zero-order valence-electron chi connectivity index (χ0n) is 19.7. The number of pyridine rings is 1. The van der Waals surface area contributed by atoms with E-state index in [-0.39, 0.29) is 5.52 Å². The van der Waals surface area contributed by atoms with Gasteiger partial charge in [0.2, 0.25) is 0 Å². The fraction of sp³-hybridized carbons (Fsp3) is 0.0645. The Morgan fingerprint density at radius 1 is 0.784 bits per heavy atom. The molecule has 6 heteroatoms. The number of aromatic amines is 1. The zero-order valence-corrected chi connectivity index (χ0v) is 19.7. The van der Waals surface area contributed by atoms with Gasteiger partial charge in [0.25, 0.3) is 0 Å². The van der Waals surface area contributed by atoms with E-state index in [0.29, 0.717) is 11.9 Å². The number of benzene rings is 4. The van der Waals surface area contributed by atoms with Gasteiger partial charge in [-0.25, -0.2) is 0 Å². The standard InChI is InChI=1S/C31H22F3N3/c32-31(33,34)27-11-5-10-25-29(26(19-37-30(25)27)21-6-2-1-3-7-21)23-8-4-9-24(17-23)36-18-20-12-13-22-14-15-35-28(22)16-20/h1-17,19,35-36H,18H2. The third-order valence-electron chi connectivity index (χ3n) is 6.55. The number of halogens is 3. The van der Waals surface area contributed by atoms with Crippen LogP contribution in [0, 0.1) is 0 Å². The Morgan fingerprint density at radius 2 is 1.59 bits per heavy atom. The van der Waals surface area contributed by atoms with Crippen LogP contribution in [0.2, 0.25) is 0 Å². The van der Waals surface area contributed by atoms with Crippen molar-refractivity contribution < 1.29 is 13.2 Å². The molecule has 0 unspecified atom stereocenters. The highest BCUT2D eigenvalue weighted by atomic mass is 19.4. The van der Waals surface area contributed by atoms with Crippen LogP contribution in [0.5, 0.6) is 0 Å². The predicted octanol–water partition coefficient (Wildman–Crippen LogP) is 8.68. The largest absolute Gasteiger partial charge is 0.418 e. The molecule has 0 aliphatic heterocycles. The summed E-state index contributed by atoms with van der Waals surface area (Å²) in [4.78, 5) is 7.52. The quantitative estimate of drug-likeness (QED) is 0.252. The third-order valence-corrected chi connectivity index (χ3v) is 6.55. The molecule has 4 aromatic carbocycles. The first-order chi connectivity index (χ1) is 18.0. The topological polar surface area (TPSA) is 40.7 Å². The summed E-state index contributed by atoms with van der Waals surface area (Å²) in [7, 11) is 0. The Morgan fingerprint density at radius 3 is 2.43 bits per heavy atom. The first-order valence-corrected chi connectivity index (χ1v) is 11.9. The summed E-state index contributed by atoms with van der Waals surface area (Å²) < 4.78 is 41.5. The Hall–Kier alpha value is -4.58. The molecule has 2 N–H and O–H groups in total. The Bertz CT molecular complexity index is 1720. The van der Waals surface area contributed by atoms with Gasteiger partial charge in [-0.2, -0.15) is 13.2 Å². The molecule has 0 aliphatic rings. The van der Waals surface area contributed by atoms with Crippen molar-refractivity contribution in [2.24, 2.45) is 0 Å². The Balaban J connectivity index is 1.45. The molecule has 0 spiro atoms. The van der Waals surface area contributed by atoms with Crippen molar-refractivity contribution in [2.75, 3.05) is 5.32 Å². The number of alkyl halides is 3. The van der Waals surface area contributed by atoms with Gasteiger partial charge in [0.05, 0.1) is 11.1 Å². The summed E-state index contributed by atoms with van der Waals surface area (Å²) >= 11 is 0. The van der Waals surface area contributed by atoms with Crippen LogP contribution in [0.4, 0.5) is 18.9 Å². The molecule has 0 fully saturated rings. The van der Waals surface area contributed by atoms with Gasteiger partial charge in [-0.1, -0.05) is 66.7 Å². The van der Waals surface area contributed by atoms with E-state index in [1.807, 2.05) is 66.9 Å². The minimum Gasteiger partial charge on any atom is -0.381 e. The molecule has 182 valence electrons. The average molecular weight is 494 g/mol. The van der Waals surface area contributed by atoms with Gasteiger partial charge < -0.3 is 10.3 Å². The summed E-state index contributed by atoms with van der Waals surface area (Å²) in [5.74, 6) is 0. The van der Waals surface area contributed by atoms with Crippen molar-refractivity contribution in [1.29, 1.82) is 0 Å². The molecular weight excluding hydrogens is 471 g/mol. The van der Waals surface area contributed by atoms with Crippen molar-refractivity contribution in [3.63, 3.8) is 0 Å². The van der Waals surface area contributed by atoms with E-state index in [1.165, 1.54) is 6.07 Å². The number of fused-ring (bicyclic) bond motifs is 2. The normalized spacial score (nSPS) is 11.8. The van der Waals surface area contributed by atoms with Gasteiger partial charge in [0.15, 0.2) is 0 Å². The van der Waals surface area contributed by atoms with E-state index < -0.39 is 11.7 Å². The maximum absolute atomic E-state index is 13.8. The van der Waals surface area contributed by atoms with Crippen LogP contribution < -0.4 is 5.32 Å². The number of nitrogens with zero attached hydrogens (tertiary/aromatic N) is 1. The fourth-order valence-corrected chi connectivity index (χ4v) is 4.79. The van der Waals surface area contributed by atoms with Crippen LogP contribution in [0.3, 0.4) is 0 Å². The molecule has 2 aromatic heterocycles. The minimum absolute atomic E-state index is 0.0534. The number of rotatable bonds is 5. The molecule has 0 aliphatic carbocycles. The van der Waals surface area contributed by atoms with Gasteiger partial charge in [-0.05, 0) is 52.4 Å². The summed E-state index contributed by atoms with van der Waals surface area (Å²) in [5.41, 5.74) is 5.49. The predicted molar refractivity (Wildman–Crippen MR) is 143 cm³/mol. The van der Waals surface area contributed by atoms with Crippen molar-refractivity contribution in [1.82, 2.24) is 9.97 Å². The number of aromatic nitrogens is 2. The number of nitrogens with one attached hydrogen (secondary N) is 2. The minimum atomic E-state index is -4.50. The second-order valence-corrected chi connectivity index (χ2v) is 8.95. The van der Waals surface area contributed by atoms with E-state index in [9.17, 15) is 13.2 Å². The lowest BCUT2D eigenvalue weighted by Gasteiger charge is -2.17. The number of hydrogen-bond donors (Lipinski definition) is 2. The molecule has 6 aromatic rings. The SMILES string of the molecule is FC(F)(F)c1cccc2c(-c3cccc(NCc4ccc5cc[nH]c5c4)c3)c(-c3ccccc3)cnc12. The summed E-state index contributed by atoms with van der Waals surface area (Å²) in [6, 6.07) is 29.9. The summed E-state index contributed by atoms with van der Waals surface area (Å²) in [6.07, 6.45) is -1.03. The van der Waals surface area contributed by atoms with E-state index in [4.69, 9.17) is 0 Å². The number of hydrogen-bond acceptors (Lipinski definition) is 2. The lowest BCUT2D eigenvalue weighted by atomic mass is 9.91. The fourth-order valence-electron chi connectivity index (χ4n) is 4.79. The van der Waals surface area contributed by atoms with Crippen LogP contribution in [0.25, 0.3) is 44.1 Å². The van der Waals surface area contributed by atoms with Gasteiger partial charge in [0, 0.05) is 46.7 Å². The van der Waals surface area contributed by atoms with Crippen molar-refractivity contribution >= 4 is 27.5 Å². The summed E-state index contributed by atoms with van der Waals surface area (Å²) in [5, 5.41) is 5.08. The van der Waals surface area contributed by atoms with Crippen molar-refractivity contribution in [3.8, 4) is 22.3 Å². The average Bonchev–Trinajstić information content (AvgIpc) is 3.39. The molecular formula is C31H22F3N3. The van der Waals surface area contributed by atoms with E-state index >= 15 is 0 Å². The first-order valence-electron chi connectivity index (χ1n) is 11.9. The number of H-pyrrole nitrogens is 1.